The lowest BCUT2D eigenvalue weighted by atomic mass is 10.00. The first-order chi connectivity index (χ1) is 12.3. The molecule has 0 saturated heterocycles. The third-order valence-electron chi connectivity index (χ3n) is 3.93. The van der Waals surface area contributed by atoms with Gasteiger partial charge in [-0.2, -0.15) is 0 Å². The number of aryl methyl sites for hydroxylation is 2. The number of rotatable bonds is 4. The summed E-state index contributed by atoms with van der Waals surface area (Å²) < 4.78 is 9.59. The highest BCUT2D eigenvalue weighted by molar-refractivity contribution is 6.07. The van der Waals surface area contributed by atoms with Crippen molar-refractivity contribution < 1.29 is 29.0 Å². The Labute approximate surface area is 150 Å². The lowest BCUT2D eigenvalue weighted by Crippen LogP contribution is -2.29. The minimum atomic E-state index is -1.14. The van der Waals surface area contributed by atoms with Crippen molar-refractivity contribution in [3.63, 3.8) is 0 Å². The number of anilines is 1. The van der Waals surface area contributed by atoms with Crippen LogP contribution in [0.25, 0.3) is 0 Å². The predicted octanol–water partition coefficient (Wildman–Crippen LogP) is 2.49. The Bertz CT molecular complexity index is 863. The van der Waals surface area contributed by atoms with Crippen molar-refractivity contribution in [3.05, 3.63) is 64.5 Å². The summed E-state index contributed by atoms with van der Waals surface area (Å²) in [5.41, 5.74) is 1.28. The SMILES string of the molecule is COC(=O)C1=C(C(=O)OC)N(c2c(C)ccc(C)c2C(=O)O)C=CC=C1. The van der Waals surface area contributed by atoms with E-state index in [1.54, 1.807) is 38.1 Å². The molecule has 0 spiro atoms. The molecule has 1 aliphatic heterocycles. The van der Waals surface area contributed by atoms with Gasteiger partial charge in [0.25, 0.3) is 0 Å². The average molecular weight is 357 g/mol. The molecule has 0 saturated carbocycles. The summed E-state index contributed by atoms with van der Waals surface area (Å²) in [6.45, 7) is 3.38. The van der Waals surface area contributed by atoms with E-state index in [0.717, 1.165) is 0 Å². The summed E-state index contributed by atoms with van der Waals surface area (Å²) in [6, 6.07) is 3.43. The molecule has 0 aliphatic carbocycles. The van der Waals surface area contributed by atoms with E-state index in [4.69, 9.17) is 9.47 Å². The van der Waals surface area contributed by atoms with Crippen LogP contribution >= 0.6 is 0 Å². The normalized spacial score (nSPS) is 13.5. The van der Waals surface area contributed by atoms with Gasteiger partial charge in [-0.25, -0.2) is 14.4 Å². The minimum absolute atomic E-state index is 0.0298. The van der Waals surface area contributed by atoms with Crippen molar-refractivity contribution >= 4 is 23.6 Å². The Balaban J connectivity index is 2.87. The van der Waals surface area contributed by atoms with Crippen LogP contribution in [-0.4, -0.2) is 37.2 Å². The maximum Gasteiger partial charge on any atom is 0.355 e. The average Bonchev–Trinajstić information content (AvgIpc) is 2.84. The summed E-state index contributed by atoms with van der Waals surface area (Å²) in [7, 11) is 2.38. The molecular weight excluding hydrogens is 338 g/mol. The Kier molecular flexibility index (Phi) is 5.61. The highest BCUT2D eigenvalue weighted by atomic mass is 16.5. The molecule has 136 valence electrons. The number of esters is 2. The number of benzene rings is 1. The summed E-state index contributed by atoms with van der Waals surface area (Å²) in [6.07, 6.45) is 6.07. The summed E-state index contributed by atoms with van der Waals surface area (Å²) in [4.78, 5) is 37.9. The number of aromatic carboxylic acids is 1. The fraction of sp³-hybridized carbons (Fsp3) is 0.211. The number of hydrogen-bond donors (Lipinski definition) is 1. The number of carboxylic acids is 1. The molecule has 1 aromatic rings. The molecule has 0 amide bonds. The van der Waals surface area contributed by atoms with Crippen LogP contribution in [0, 0.1) is 13.8 Å². The molecule has 0 aromatic heterocycles. The van der Waals surface area contributed by atoms with Crippen molar-refractivity contribution in [2.45, 2.75) is 13.8 Å². The number of allylic oxidation sites excluding steroid dienone is 2. The smallest absolute Gasteiger partial charge is 0.355 e. The molecule has 0 atom stereocenters. The lowest BCUT2D eigenvalue weighted by Gasteiger charge is -2.26. The van der Waals surface area contributed by atoms with Gasteiger partial charge >= 0.3 is 17.9 Å². The fourth-order valence-corrected chi connectivity index (χ4v) is 2.71. The third kappa shape index (κ3) is 3.37. The van der Waals surface area contributed by atoms with Crippen molar-refractivity contribution in [1.82, 2.24) is 0 Å². The van der Waals surface area contributed by atoms with Crippen molar-refractivity contribution in [2.75, 3.05) is 19.1 Å². The Hall–Kier alpha value is -3.35. The molecule has 0 unspecified atom stereocenters. The van der Waals surface area contributed by atoms with Gasteiger partial charge in [-0.05, 0) is 37.1 Å². The molecular formula is C19H19NO6. The van der Waals surface area contributed by atoms with Gasteiger partial charge in [-0.15, -0.1) is 0 Å². The van der Waals surface area contributed by atoms with Crippen LogP contribution in [0.2, 0.25) is 0 Å². The Morgan fingerprint density at radius 1 is 0.962 bits per heavy atom. The van der Waals surface area contributed by atoms with E-state index in [1.807, 2.05) is 0 Å². The molecule has 1 aliphatic rings. The quantitative estimate of drug-likeness (QED) is 0.828. The number of methoxy groups -OCH3 is 2. The molecule has 1 N–H and O–H groups in total. The zero-order valence-electron chi connectivity index (χ0n) is 14.9. The maximum absolute atomic E-state index is 12.5. The number of hydrogen-bond acceptors (Lipinski definition) is 6. The van der Waals surface area contributed by atoms with Gasteiger partial charge in [-0.1, -0.05) is 18.2 Å². The van der Waals surface area contributed by atoms with E-state index in [0.29, 0.717) is 11.1 Å². The Morgan fingerprint density at radius 2 is 1.58 bits per heavy atom. The molecule has 0 bridgehead atoms. The standard InChI is InChI=1S/C19H19NO6/c1-11-8-9-12(2)15(14(11)17(21)22)20-10-6-5-7-13(18(23)25-3)16(20)19(24)26-4/h5-10H,1-4H3,(H,21,22). The van der Waals surface area contributed by atoms with Crippen LogP contribution in [0.15, 0.2) is 47.8 Å². The lowest BCUT2D eigenvalue weighted by molar-refractivity contribution is -0.139. The first-order valence-corrected chi connectivity index (χ1v) is 7.72. The summed E-state index contributed by atoms with van der Waals surface area (Å²) in [5.74, 6) is -2.67. The maximum atomic E-state index is 12.5. The second-order valence-corrected chi connectivity index (χ2v) is 5.54. The highest BCUT2D eigenvalue weighted by Crippen LogP contribution is 2.34. The number of carboxylic acid groups (broad SMARTS) is 1. The Morgan fingerprint density at radius 3 is 2.15 bits per heavy atom. The van der Waals surface area contributed by atoms with Crippen LogP contribution in [-0.2, 0) is 19.1 Å². The van der Waals surface area contributed by atoms with Gasteiger partial charge < -0.3 is 19.5 Å². The second kappa shape index (κ2) is 7.69. The van der Waals surface area contributed by atoms with Crippen molar-refractivity contribution in [3.8, 4) is 0 Å². The van der Waals surface area contributed by atoms with E-state index in [2.05, 4.69) is 0 Å². The van der Waals surface area contributed by atoms with Gasteiger partial charge in [0.1, 0.15) is 5.70 Å². The summed E-state index contributed by atoms with van der Waals surface area (Å²) in [5, 5.41) is 9.68. The number of ether oxygens (including phenoxy) is 2. The summed E-state index contributed by atoms with van der Waals surface area (Å²) >= 11 is 0. The fourth-order valence-electron chi connectivity index (χ4n) is 2.71. The van der Waals surface area contributed by atoms with Gasteiger partial charge in [0.2, 0.25) is 0 Å². The van der Waals surface area contributed by atoms with Gasteiger partial charge in [-0.3, -0.25) is 0 Å². The zero-order chi connectivity index (χ0) is 19.4. The van der Waals surface area contributed by atoms with E-state index in [1.165, 1.54) is 31.4 Å². The first kappa shape index (κ1) is 19.0. The molecule has 26 heavy (non-hydrogen) atoms. The minimum Gasteiger partial charge on any atom is -0.478 e. The molecule has 7 heteroatoms. The largest absolute Gasteiger partial charge is 0.478 e. The van der Waals surface area contributed by atoms with Gasteiger partial charge in [0.15, 0.2) is 0 Å². The molecule has 0 fully saturated rings. The third-order valence-corrected chi connectivity index (χ3v) is 3.93. The molecule has 1 aromatic carbocycles. The van der Waals surface area contributed by atoms with E-state index in [-0.39, 0.29) is 22.5 Å². The highest BCUT2D eigenvalue weighted by Gasteiger charge is 2.31. The van der Waals surface area contributed by atoms with Crippen molar-refractivity contribution in [2.24, 2.45) is 0 Å². The topological polar surface area (TPSA) is 93.1 Å². The van der Waals surface area contributed by atoms with Gasteiger partial charge in [0.05, 0.1) is 31.0 Å². The van der Waals surface area contributed by atoms with E-state index >= 15 is 0 Å². The number of carbonyl (C=O) groups excluding carboxylic acids is 2. The zero-order valence-corrected chi connectivity index (χ0v) is 14.9. The van der Waals surface area contributed by atoms with Crippen molar-refractivity contribution in [1.29, 1.82) is 0 Å². The van der Waals surface area contributed by atoms with Crippen LogP contribution < -0.4 is 4.90 Å². The van der Waals surface area contributed by atoms with Crippen LogP contribution in [0.5, 0.6) is 0 Å². The van der Waals surface area contributed by atoms with Crippen LogP contribution in [0.3, 0.4) is 0 Å². The first-order valence-electron chi connectivity index (χ1n) is 7.72. The van der Waals surface area contributed by atoms with Crippen LogP contribution in [0.1, 0.15) is 21.5 Å². The van der Waals surface area contributed by atoms with E-state index in [9.17, 15) is 19.5 Å². The number of carbonyl (C=O) groups is 3. The molecule has 0 radical (unpaired) electrons. The van der Waals surface area contributed by atoms with Gasteiger partial charge in [0, 0.05) is 6.20 Å². The second-order valence-electron chi connectivity index (χ2n) is 5.54. The molecule has 7 nitrogen and oxygen atoms in total. The van der Waals surface area contributed by atoms with E-state index < -0.39 is 17.9 Å². The number of nitrogens with zero attached hydrogens (tertiary/aromatic N) is 1. The predicted molar refractivity (Wildman–Crippen MR) is 94.7 cm³/mol. The molecule has 2 rings (SSSR count). The monoisotopic (exact) mass is 357 g/mol. The van der Waals surface area contributed by atoms with Crippen LogP contribution in [0.4, 0.5) is 5.69 Å². The molecule has 1 heterocycles.